The lowest BCUT2D eigenvalue weighted by Gasteiger charge is -2.28. The van der Waals surface area contributed by atoms with Gasteiger partial charge in [0.2, 0.25) is 0 Å². The van der Waals surface area contributed by atoms with E-state index in [0.717, 1.165) is 23.1 Å². The SMILES string of the molecule is Cc1cccc(C)c1OCC(=O)OCC(=O)N1CCc2ccccc2C1. The minimum atomic E-state index is -0.543. The van der Waals surface area contributed by atoms with Crippen molar-refractivity contribution in [3.63, 3.8) is 0 Å². The largest absolute Gasteiger partial charge is 0.481 e. The topological polar surface area (TPSA) is 55.8 Å². The van der Waals surface area contributed by atoms with E-state index in [9.17, 15) is 9.59 Å². The summed E-state index contributed by atoms with van der Waals surface area (Å²) in [6, 6.07) is 13.9. The molecule has 0 saturated carbocycles. The molecule has 1 heterocycles. The maximum absolute atomic E-state index is 12.3. The van der Waals surface area contributed by atoms with Crippen molar-refractivity contribution in [3.05, 3.63) is 64.7 Å². The summed E-state index contributed by atoms with van der Waals surface area (Å²) in [4.78, 5) is 25.9. The molecule has 5 nitrogen and oxygen atoms in total. The third kappa shape index (κ3) is 4.23. The fraction of sp³-hybridized carbons (Fsp3) is 0.333. The van der Waals surface area contributed by atoms with Gasteiger partial charge >= 0.3 is 5.97 Å². The smallest absolute Gasteiger partial charge is 0.344 e. The van der Waals surface area contributed by atoms with Crippen LogP contribution in [0, 0.1) is 13.8 Å². The molecule has 1 amide bonds. The van der Waals surface area contributed by atoms with Gasteiger partial charge in [-0.05, 0) is 42.5 Å². The molecule has 2 aromatic rings. The Labute approximate surface area is 153 Å². The van der Waals surface area contributed by atoms with Gasteiger partial charge in [0, 0.05) is 13.1 Å². The van der Waals surface area contributed by atoms with Gasteiger partial charge in [0.15, 0.2) is 13.2 Å². The Morgan fingerprint density at radius 3 is 2.38 bits per heavy atom. The van der Waals surface area contributed by atoms with E-state index in [-0.39, 0.29) is 19.1 Å². The second-order valence-electron chi connectivity index (χ2n) is 6.50. The van der Waals surface area contributed by atoms with Gasteiger partial charge in [0.1, 0.15) is 5.75 Å². The summed E-state index contributed by atoms with van der Waals surface area (Å²) >= 11 is 0. The Morgan fingerprint density at radius 2 is 1.65 bits per heavy atom. The Morgan fingerprint density at radius 1 is 0.962 bits per heavy atom. The number of aryl methyl sites for hydroxylation is 2. The fourth-order valence-electron chi connectivity index (χ4n) is 3.14. The normalized spacial score (nSPS) is 13.1. The van der Waals surface area contributed by atoms with E-state index in [2.05, 4.69) is 6.07 Å². The van der Waals surface area contributed by atoms with Gasteiger partial charge in [0.25, 0.3) is 5.91 Å². The first-order valence-electron chi connectivity index (χ1n) is 8.74. The number of rotatable bonds is 5. The Kier molecular flexibility index (Phi) is 5.56. The second-order valence-corrected chi connectivity index (χ2v) is 6.50. The van der Waals surface area contributed by atoms with E-state index in [4.69, 9.17) is 9.47 Å². The van der Waals surface area contributed by atoms with E-state index in [1.807, 2.05) is 50.2 Å². The highest BCUT2D eigenvalue weighted by molar-refractivity contribution is 5.81. The number of hydrogen-bond donors (Lipinski definition) is 0. The molecule has 2 aromatic carbocycles. The van der Waals surface area contributed by atoms with E-state index in [0.29, 0.717) is 18.8 Å². The van der Waals surface area contributed by atoms with Crippen LogP contribution < -0.4 is 4.74 Å². The highest BCUT2D eigenvalue weighted by atomic mass is 16.6. The number of carbonyl (C=O) groups excluding carboxylic acids is 2. The third-order valence-corrected chi connectivity index (χ3v) is 4.58. The van der Waals surface area contributed by atoms with Crippen LogP contribution in [-0.4, -0.2) is 36.5 Å². The summed E-state index contributed by atoms with van der Waals surface area (Å²) in [5.74, 6) is -0.0400. The van der Waals surface area contributed by atoms with Crippen LogP contribution in [0.3, 0.4) is 0 Å². The van der Waals surface area contributed by atoms with Crippen molar-refractivity contribution in [1.82, 2.24) is 4.90 Å². The van der Waals surface area contributed by atoms with Crippen LogP contribution in [0.15, 0.2) is 42.5 Å². The lowest BCUT2D eigenvalue weighted by molar-refractivity contribution is -0.154. The van der Waals surface area contributed by atoms with Crippen molar-refractivity contribution in [3.8, 4) is 5.75 Å². The van der Waals surface area contributed by atoms with Gasteiger partial charge in [-0.25, -0.2) is 4.79 Å². The highest BCUT2D eigenvalue weighted by Crippen LogP contribution is 2.22. The zero-order valence-electron chi connectivity index (χ0n) is 15.2. The standard InChI is InChI=1S/C21H23NO4/c1-15-6-5-7-16(2)21(15)26-14-20(24)25-13-19(23)22-11-10-17-8-3-4-9-18(17)12-22/h3-9H,10-14H2,1-2H3. The summed E-state index contributed by atoms with van der Waals surface area (Å²) in [5.41, 5.74) is 4.34. The lowest BCUT2D eigenvalue weighted by Crippen LogP contribution is -2.38. The van der Waals surface area contributed by atoms with Crippen LogP contribution in [0.5, 0.6) is 5.75 Å². The van der Waals surface area contributed by atoms with Gasteiger partial charge in [-0.15, -0.1) is 0 Å². The van der Waals surface area contributed by atoms with Crippen molar-refractivity contribution in [1.29, 1.82) is 0 Å². The third-order valence-electron chi connectivity index (χ3n) is 4.58. The molecule has 0 radical (unpaired) electrons. The number of hydrogen-bond acceptors (Lipinski definition) is 4. The Balaban J connectivity index is 1.47. The van der Waals surface area contributed by atoms with E-state index >= 15 is 0 Å². The molecule has 0 saturated heterocycles. The highest BCUT2D eigenvalue weighted by Gasteiger charge is 2.21. The average molecular weight is 353 g/mol. The quantitative estimate of drug-likeness (QED) is 0.776. The van der Waals surface area contributed by atoms with Gasteiger partial charge < -0.3 is 14.4 Å². The van der Waals surface area contributed by atoms with Gasteiger partial charge in [-0.3, -0.25) is 4.79 Å². The predicted octanol–water partition coefficient (Wildman–Crippen LogP) is 2.81. The number of nitrogens with zero attached hydrogens (tertiary/aromatic N) is 1. The number of esters is 1. The number of carbonyl (C=O) groups is 2. The molecule has 0 unspecified atom stereocenters. The van der Waals surface area contributed by atoms with Crippen molar-refractivity contribution in [2.24, 2.45) is 0 Å². The molecule has 0 aliphatic carbocycles. The first-order valence-corrected chi connectivity index (χ1v) is 8.74. The number of amides is 1. The van der Waals surface area contributed by atoms with Crippen LogP contribution in [0.1, 0.15) is 22.3 Å². The molecule has 0 spiro atoms. The van der Waals surface area contributed by atoms with E-state index < -0.39 is 5.97 Å². The number of fused-ring (bicyclic) bond motifs is 1. The van der Waals surface area contributed by atoms with Crippen molar-refractivity contribution in [2.45, 2.75) is 26.8 Å². The fourth-order valence-corrected chi connectivity index (χ4v) is 3.14. The summed E-state index contributed by atoms with van der Waals surface area (Å²) in [6.45, 7) is 4.59. The molecule has 1 aliphatic rings. The molecule has 0 atom stereocenters. The monoisotopic (exact) mass is 353 g/mol. The molecular weight excluding hydrogens is 330 g/mol. The molecule has 5 heteroatoms. The molecule has 0 bridgehead atoms. The lowest BCUT2D eigenvalue weighted by atomic mass is 10.00. The minimum absolute atomic E-state index is 0.181. The molecule has 136 valence electrons. The number of benzene rings is 2. The molecule has 1 aliphatic heterocycles. The van der Waals surface area contributed by atoms with Crippen LogP contribution >= 0.6 is 0 Å². The summed E-state index contributed by atoms with van der Waals surface area (Å²) < 4.78 is 10.6. The molecule has 0 fully saturated rings. The maximum atomic E-state index is 12.3. The van der Waals surface area contributed by atoms with E-state index in [1.54, 1.807) is 4.90 Å². The van der Waals surface area contributed by atoms with Crippen LogP contribution in [0.4, 0.5) is 0 Å². The van der Waals surface area contributed by atoms with Gasteiger partial charge in [0.05, 0.1) is 0 Å². The first-order chi connectivity index (χ1) is 12.5. The van der Waals surface area contributed by atoms with Crippen molar-refractivity contribution >= 4 is 11.9 Å². The summed E-state index contributed by atoms with van der Waals surface area (Å²) in [7, 11) is 0. The first kappa shape index (κ1) is 18.0. The zero-order valence-corrected chi connectivity index (χ0v) is 15.2. The van der Waals surface area contributed by atoms with Crippen LogP contribution in [0.25, 0.3) is 0 Å². The van der Waals surface area contributed by atoms with E-state index in [1.165, 1.54) is 5.56 Å². The van der Waals surface area contributed by atoms with Crippen molar-refractivity contribution in [2.75, 3.05) is 19.8 Å². The molecular formula is C21H23NO4. The second kappa shape index (κ2) is 8.04. The average Bonchev–Trinajstić information content (AvgIpc) is 2.65. The van der Waals surface area contributed by atoms with Crippen LogP contribution in [0.2, 0.25) is 0 Å². The summed E-state index contributed by atoms with van der Waals surface area (Å²) in [5, 5.41) is 0. The Bertz CT molecular complexity index is 795. The number of para-hydroxylation sites is 1. The number of ether oxygens (including phenoxy) is 2. The van der Waals surface area contributed by atoms with Gasteiger partial charge in [-0.1, -0.05) is 42.5 Å². The molecule has 3 rings (SSSR count). The van der Waals surface area contributed by atoms with Gasteiger partial charge in [-0.2, -0.15) is 0 Å². The van der Waals surface area contributed by atoms with Crippen molar-refractivity contribution < 1.29 is 19.1 Å². The molecule has 0 aromatic heterocycles. The molecule has 0 N–H and O–H groups in total. The minimum Gasteiger partial charge on any atom is -0.481 e. The summed E-state index contributed by atoms with van der Waals surface area (Å²) in [6.07, 6.45) is 0.825. The maximum Gasteiger partial charge on any atom is 0.344 e. The Hall–Kier alpha value is -2.82. The zero-order chi connectivity index (χ0) is 18.5. The molecule has 26 heavy (non-hydrogen) atoms. The predicted molar refractivity (Wildman–Crippen MR) is 97.9 cm³/mol. The van der Waals surface area contributed by atoms with Crippen LogP contribution in [-0.2, 0) is 27.3 Å².